The summed E-state index contributed by atoms with van der Waals surface area (Å²) >= 11 is 1.70. The second kappa shape index (κ2) is 5.62. The van der Waals surface area contributed by atoms with Gasteiger partial charge in [-0.25, -0.2) is 4.98 Å². The molecule has 1 aliphatic carbocycles. The number of aromatic nitrogens is 4. The van der Waals surface area contributed by atoms with Crippen molar-refractivity contribution in [3.63, 3.8) is 0 Å². The number of fused-ring (bicyclic) bond motifs is 1. The Balaban J connectivity index is 1.58. The zero-order valence-electron chi connectivity index (χ0n) is 14.1. The Labute approximate surface area is 149 Å². The number of benzene rings is 1. The highest BCUT2D eigenvalue weighted by Gasteiger charge is 2.34. The molecule has 7 heteroatoms. The van der Waals surface area contributed by atoms with Crippen LogP contribution in [0.3, 0.4) is 0 Å². The Morgan fingerprint density at radius 3 is 2.84 bits per heavy atom. The molecule has 1 aliphatic heterocycles. The SMILES string of the molecule is Cn1c(C2CCCN2c2nnc(C3CC3)s2)nc2ccccc2c1=O. The van der Waals surface area contributed by atoms with Gasteiger partial charge < -0.3 is 4.90 Å². The Morgan fingerprint density at radius 2 is 2.00 bits per heavy atom. The predicted molar refractivity (Wildman–Crippen MR) is 98.2 cm³/mol. The molecule has 1 unspecified atom stereocenters. The molecule has 2 aliphatic rings. The number of hydrogen-bond acceptors (Lipinski definition) is 6. The van der Waals surface area contributed by atoms with E-state index < -0.39 is 0 Å². The third-order valence-electron chi connectivity index (χ3n) is 5.17. The van der Waals surface area contributed by atoms with Gasteiger partial charge in [-0.05, 0) is 37.8 Å². The first-order valence-corrected chi connectivity index (χ1v) is 9.60. The van der Waals surface area contributed by atoms with Crippen LogP contribution in [0.2, 0.25) is 0 Å². The highest BCUT2D eigenvalue weighted by Crippen LogP contribution is 2.44. The maximum atomic E-state index is 12.7. The van der Waals surface area contributed by atoms with Crippen LogP contribution in [0.5, 0.6) is 0 Å². The van der Waals surface area contributed by atoms with E-state index in [1.807, 2.05) is 31.3 Å². The van der Waals surface area contributed by atoms with E-state index in [0.717, 1.165) is 40.9 Å². The van der Waals surface area contributed by atoms with Crippen LogP contribution in [-0.4, -0.2) is 26.3 Å². The van der Waals surface area contributed by atoms with E-state index in [1.54, 1.807) is 15.9 Å². The van der Waals surface area contributed by atoms with Gasteiger partial charge in [-0.15, -0.1) is 10.2 Å². The smallest absolute Gasteiger partial charge is 0.261 e. The molecule has 1 aromatic carbocycles. The highest BCUT2D eigenvalue weighted by atomic mass is 32.1. The summed E-state index contributed by atoms with van der Waals surface area (Å²) in [6.45, 7) is 0.937. The van der Waals surface area contributed by atoms with Crippen molar-refractivity contribution in [3.05, 3.63) is 45.5 Å². The maximum Gasteiger partial charge on any atom is 0.261 e. The second-order valence-electron chi connectivity index (χ2n) is 6.90. The Bertz CT molecular complexity index is 1010. The van der Waals surface area contributed by atoms with Crippen LogP contribution in [0.1, 0.15) is 48.5 Å². The topological polar surface area (TPSA) is 63.9 Å². The van der Waals surface area contributed by atoms with Crippen molar-refractivity contribution in [2.24, 2.45) is 7.05 Å². The molecule has 2 fully saturated rings. The average Bonchev–Trinajstić information content (AvgIpc) is 3.17. The lowest BCUT2D eigenvalue weighted by molar-refractivity contribution is 0.608. The molecular formula is C18H19N5OS. The number of hydrogen-bond donors (Lipinski definition) is 0. The van der Waals surface area contributed by atoms with E-state index in [-0.39, 0.29) is 11.6 Å². The fraction of sp³-hybridized carbons (Fsp3) is 0.444. The van der Waals surface area contributed by atoms with E-state index in [9.17, 15) is 4.79 Å². The molecule has 1 saturated carbocycles. The van der Waals surface area contributed by atoms with E-state index in [2.05, 4.69) is 15.1 Å². The van der Waals surface area contributed by atoms with Crippen molar-refractivity contribution in [1.82, 2.24) is 19.7 Å². The lowest BCUT2D eigenvalue weighted by atomic mass is 10.2. The van der Waals surface area contributed by atoms with Crippen LogP contribution < -0.4 is 10.5 Å². The summed E-state index contributed by atoms with van der Waals surface area (Å²) in [7, 11) is 1.82. The Hall–Kier alpha value is -2.28. The van der Waals surface area contributed by atoms with Crippen molar-refractivity contribution in [2.45, 2.75) is 37.6 Å². The molecule has 25 heavy (non-hydrogen) atoms. The van der Waals surface area contributed by atoms with Crippen LogP contribution >= 0.6 is 11.3 Å². The Kier molecular flexibility index (Phi) is 3.38. The van der Waals surface area contributed by atoms with Crippen LogP contribution in [0.25, 0.3) is 10.9 Å². The highest BCUT2D eigenvalue weighted by molar-refractivity contribution is 7.15. The molecule has 0 N–H and O–H groups in total. The second-order valence-corrected chi connectivity index (χ2v) is 7.89. The summed E-state index contributed by atoms with van der Waals surface area (Å²) in [5.74, 6) is 1.44. The van der Waals surface area contributed by atoms with Crippen molar-refractivity contribution in [2.75, 3.05) is 11.4 Å². The third kappa shape index (κ3) is 2.45. The fourth-order valence-electron chi connectivity index (χ4n) is 3.63. The minimum absolute atomic E-state index is 0.0170. The zero-order chi connectivity index (χ0) is 17.0. The standard InChI is InChI=1S/C18H19N5OS/c1-22-15(19-13-6-3-2-5-12(13)17(22)24)14-7-4-10-23(14)18-21-20-16(25-18)11-8-9-11/h2-3,5-6,11,14H,4,7-10H2,1H3. The van der Waals surface area contributed by atoms with E-state index in [1.165, 1.54) is 12.8 Å². The van der Waals surface area contributed by atoms with Gasteiger partial charge in [-0.1, -0.05) is 23.5 Å². The first kappa shape index (κ1) is 15.0. The predicted octanol–water partition coefficient (Wildman–Crippen LogP) is 3.00. The summed E-state index contributed by atoms with van der Waals surface area (Å²) in [6.07, 6.45) is 4.53. The molecule has 1 saturated heterocycles. The van der Waals surface area contributed by atoms with Crippen LogP contribution in [0, 0.1) is 0 Å². The summed E-state index contributed by atoms with van der Waals surface area (Å²) < 4.78 is 1.70. The van der Waals surface area contributed by atoms with Gasteiger partial charge in [-0.3, -0.25) is 9.36 Å². The molecule has 2 aromatic heterocycles. The van der Waals surface area contributed by atoms with Crippen molar-refractivity contribution in [1.29, 1.82) is 0 Å². The molecule has 0 radical (unpaired) electrons. The van der Waals surface area contributed by atoms with Gasteiger partial charge in [0.1, 0.15) is 10.8 Å². The largest absolute Gasteiger partial charge is 0.336 e. The molecule has 3 aromatic rings. The van der Waals surface area contributed by atoms with Gasteiger partial charge in [0.15, 0.2) is 0 Å². The maximum absolute atomic E-state index is 12.7. The normalized spacial score (nSPS) is 20.5. The minimum atomic E-state index is 0.0170. The van der Waals surface area contributed by atoms with Gasteiger partial charge in [-0.2, -0.15) is 0 Å². The summed E-state index contributed by atoms with van der Waals surface area (Å²) in [5.41, 5.74) is 0.784. The summed E-state index contributed by atoms with van der Waals surface area (Å²) in [4.78, 5) is 19.8. The van der Waals surface area contributed by atoms with Gasteiger partial charge in [0, 0.05) is 19.5 Å². The van der Waals surface area contributed by atoms with Crippen LogP contribution in [0.4, 0.5) is 5.13 Å². The molecule has 3 heterocycles. The lowest BCUT2D eigenvalue weighted by Crippen LogP contribution is -2.30. The zero-order valence-corrected chi connectivity index (χ0v) is 14.9. The number of rotatable bonds is 3. The number of nitrogens with zero attached hydrogens (tertiary/aromatic N) is 5. The summed E-state index contributed by atoms with van der Waals surface area (Å²) in [5, 5.41) is 11.6. The fourth-order valence-corrected chi connectivity index (χ4v) is 4.72. The molecular weight excluding hydrogens is 334 g/mol. The van der Waals surface area contributed by atoms with Gasteiger partial charge in [0.25, 0.3) is 5.56 Å². The minimum Gasteiger partial charge on any atom is -0.336 e. The van der Waals surface area contributed by atoms with Crippen molar-refractivity contribution < 1.29 is 0 Å². The Morgan fingerprint density at radius 1 is 1.16 bits per heavy atom. The van der Waals surface area contributed by atoms with E-state index >= 15 is 0 Å². The summed E-state index contributed by atoms with van der Waals surface area (Å²) in [6, 6.07) is 7.65. The van der Waals surface area contributed by atoms with E-state index in [4.69, 9.17) is 4.98 Å². The molecule has 1 atom stereocenters. The molecule has 0 bridgehead atoms. The van der Waals surface area contributed by atoms with Crippen molar-refractivity contribution in [3.8, 4) is 0 Å². The third-order valence-corrected chi connectivity index (χ3v) is 6.29. The van der Waals surface area contributed by atoms with Crippen molar-refractivity contribution >= 4 is 27.4 Å². The molecule has 5 rings (SSSR count). The molecule has 0 amide bonds. The molecule has 0 spiro atoms. The monoisotopic (exact) mass is 353 g/mol. The lowest BCUT2D eigenvalue weighted by Gasteiger charge is -2.24. The molecule has 128 valence electrons. The van der Waals surface area contributed by atoms with Crippen LogP contribution in [0.15, 0.2) is 29.1 Å². The first-order valence-electron chi connectivity index (χ1n) is 8.78. The van der Waals surface area contributed by atoms with Gasteiger partial charge >= 0.3 is 0 Å². The van der Waals surface area contributed by atoms with Crippen LogP contribution in [-0.2, 0) is 7.05 Å². The van der Waals surface area contributed by atoms with Gasteiger partial charge in [0.2, 0.25) is 5.13 Å². The quantitative estimate of drug-likeness (QED) is 0.724. The number of para-hydroxylation sites is 1. The first-order chi connectivity index (χ1) is 12.2. The number of anilines is 1. The van der Waals surface area contributed by atoms with Gasteiger partial charge in [0.05, 0.1) is 16.9 Å². The molecule has 6 nitrogen and oxygen atoms in total. The van der Waals surface area contributed by atoms with E-state index in [0.29, 0.717) is 11.3 Å². The average molecular weight is 353 g/mol.